The van der Waals surface area contributed by atoms with Gasteiger partial charge in [0.1, 0.15) is 5.82 Å². The molecule has 0 aliphatic heterocycles. The second-order valence-electron chi connectivity index (χ2n) is 3.01. The van der Waals surface area contributed by atoms with E-state index in [9.17, 15) is 4.39 Å². The molecule has 1 aromatic heterocycles. The molecular formula is C10H13BrFN. The van der Waals surface area contributed by atoms with E-state index in [1.165, 1.54) is 6.20 Å². The van der Waals surface area contributed by atoms with Crippen molar-refractivity contribution in [3.8, 4) is 0 Å². The lowest BCUT2D eigenvalue weighted by atomic mass is 10.1. The zero-order valence-electron chi connectivity index (χ0n) is 7.63. The molecule has 13 heavy (non-hydrogen) atoms. The highest BCUT2D eigenvalue weighted by molar-refractivity contribution is 9.09. The Bertz CT molecular complexity index is 265. The van der Waals surface area contributed by atoms with Crippen LogP contribution in [0, 0.1) is 5.82 Å². The Hall–Kier alpha value is -0.440. The fourth-order valence-corrected chi connectivity index (χ4v) is 1.35. The lowest BCUT2D eigenvalue weighted by Crippen LogP contribution is -1.99. The Morgan fingerprint density at radius 1 is 1.62 bits per heavy atom. The molecule has 0 saturated heterocycles. The molecule has 1 heterocycles. The first-order valence-electron chi connectivity index (χ1n) is 4.46. The van der Waals surface area contributed by atoms with Crippen molar-refractivity contribution in [3.63, 3.8) is 0 Å². The van der Waals surface area contributed by atoms with Crippen molar-refractivity contribution in [1.82, 2.24) is 4.98 Å². The minimum Gasteiger partial charge on any atom is -0.262 e. The van der Waals surface area contributed by atoms with Crippen molar-refractivity contribution in [2.75, 3.05) is 0 Å². The van der Waals surface area contributed by atoms with E-state index in [1.54, 1.807) is 12.3 Å². The Labute approximate surface area is 86.5 Å². The van der Waals surface area contributed by atoms with Crippen molar-refractivity contribution in [1.29, 1.82) is 0 Å². The molecule has 1 rings (SSSR count). The predicted molar refractivity (Wildman–Crippen MR) is 55.5 cm³/mol. The molecule has 0 saturated carbocycles. The molecule has 0 bridgehead atoms. The Balaban J connectivity index is 2.50. The molecule has 1 atom stereocenters. The molecule has 1 nitrogen and oxygen atoms in total. The lowest BCUT2D eigenvalue weighted by molar-refractivity contribution is 0.595. The predicted octanol–water partition coefficient (Wildman–Crippen LogP) is 3.33. The van der Waals surface area contributed by atoms with Gasteiger partial charge in [-0.2, -0.15) is 0 Å². The highest BCUT2D eigenvalue weighted by atomic mass is 79.9. The number of halogens is 2. The third kappa shape index (κ3) is 3.43. The van der Waals surface area contributed by atoms with Gasteiger partial charge in [0.15, 0.2) is 0 Å². The molecule has 72 valence electrons. The number of aromatic nitrogens is 1. The van der Waals surface area contributed by atoms with E-state index in [4.69, 9.17) is 0 Å². The summed E-state index contributed by atoms with van der Waals surface area (Å²) >= 11 is 3.52. The number of aryl methyl sites for hydroxylation is 1. The number of rotatable bonds is 4. The van der Waals surface area contributed by atoms with E-state index >= 15 is 0 Å². The standard InChI is InChI=1S/C10H13BrFN/c1-2-9(11)4-3-8-5-6-13-7-10(8)12/h5-7,9H,2-4H2,1H3. The molecule has 0 N–H and O–H groups in total. The van der Waals surface area contributed by atoms with Crippen LogP contribution in [-0.2, 0) is 6.42 Å². The largest absolute Gasteiger partial charge is 0.262 e. The summed E-state index contributed by atoms with van der Waals surface area (Å²) in [5.74, 6) is -0.196. The van der Waals surface area contributed by atoms with E-state index in [2.05, 4.69) is 27.8 Å². The summed E-state index contributed by atoms with van der Waals surface area (Å²) in [5.41, 5.74) is 0.757. The van der Waals surface area contributed by atoms with E-state index < -0.39 is 0 Å². The first-order valence-corrected chi connectivity index (χ1v) is 5.38. The summed E-state index contributed by atoms with van der Waals surface area (Å²) in [6.07, 6.45) is 5.72. The monoisotopic (exact) mass is 245 g/mol. The smallest absolute Gasteiger partial charge is 0.144 e. The average Bonchev–Trinajstić information content (AvgIpc) is 2.16. The number of nitrogens with zero attached hydrogens (tertiary/aromatic N) is 1. The summed E-state index contributed by atoms with van der Waals surface area (Å²) in [4.78, 5) is 4.19. The summed E-state index contributed by atoms with van der Waals surface area (Å²) in [6.45, 7) is 2.11. The molecule has 0 fully saturated rings. The van der Waals surface area contributed by atoms with Gasteiger partial charge in [0.25, 0.3) is 0 Å². The highest BCUT2D eigenvalue weighted by Crippen LogP contribution is 2.14. The summed E-state index contributed by atoms with van der Waals surface area (Å²) in [5, 5.41) is 0. The lowest BCUT2D eigenvalue weighted by Gasteiger charge is -2.06. The van der Waals surface area contributed by atoms with E-state index in [1.807, 2.05) is 0 Å². The molecule has 3 heteroatoms. The Morgan fingerprint density at radius 3 is 3.00 bits per heavy atom. The zero-order chi connectivity index (χ0) is 9.68. The maximum atomic E-state index is 13.1. The average molecular weight is 246 g/mol. The summed E-state index contributed by atoms with van der Waals surface area (Å²) < 4.78 is 13.1. The SMILES string of the molecule is CCC(Br)CCc1ccncc1F. The van der Waals surface area contributed by atoms with Crippen molar-refractivity contribution in [2.24, 2.45) is 0 Å². The van der Waals surface area contributed by atoms with Gasteiger partial charge in [-0.05, 0) is 30.9 Å². The third-order valence-corrected chi connectivity index (χ3v) is 3.13. The van der Waals surface area contributed by atoms with Crippen LogP contribution in [0.3, 0.4) is 0 Å². The van der Waals surface area contributed by atoms with Gasteiger partial charge in [-0.1, -0.05) is 22.9 Å². The van der Waals surface area contributed by atoms with Gasteiger partial charge in [0.05, 0.1) is 6.20 Å². The maximum Gasteiger partial charge on any atom is 0.144 e. The quantitative estimate of drug-likeness (QED) is 0.742. The van der Waals surface area contributed by atoms with Crippen LogP contribution in [0.1, 0.15) is 25.3 Å². The number of pyridine rings is 1. The molecule has 0 amide bonds. The second-order valence-corrected chi connectivity index (χ2v) is 4.31. The molecule has 0 radical (unpaired) electrons. The van der Waals surface area contributed by atoms with Crippen LogP contribution < -0.4 is 0 Å². The normalized spacial score (nSPS) is 12.8. The number of alkyl halides is 1. The zero-order valence-corrected chi connectivity index (χ0v) is 9.22. The van der Waals surface area contributed by atoms with Crippen molar-refractivity contribution in [2.45, 2.75) is 31.0 Å². The van der Waals surface area contributed by atoms with Gasteiger partial charge in [-0.3, -0.25) is 4.98 Å². The van der Waals surface area contributed by atoms with Crippen molar-refractivity contribution in [3.05, 3.63) is 29.8 Å². The van der Waals surface area contributed by atoms with Crippen LogP contribution >= 0.6 is 15.9 Å². The summed E-state index contributed by atoms with van der Waals surface area (Å²) in [7, 11) is 0. The maximum absolute atomic E-state index is 13.1. The van der Waals surface area contributed by atoms with Crippen LogP contribution in [0.15, 0.2) is 18.5 Å². The van der Waals surface area contributed by atoms with Crippen LogP contribution in [-0.4, -0.2) is 9.81 Å². The first kappa shape index (κ1) is 10.6. The van der Waals surface area contributed by atoms with E-state index in [0.29, 0.717) is 4.83 Å². The van der Waals surface area contributed by atoms with E-state index in [-0.39, 0.29) is 5.82 Å². The minimum atomic E-state index is -0.196. The van der Waals surface area contributed by atoms with Gasteiger partial charge in [0, 0.05) is 11.0 Å². The highest BCUT2D eigenvalue weighted by Gasteiger charge is 2.04. The number of hydrogen-bond donors (Lipinski definition) is 0. The molecule has 0 aromatic carbocycles. The van der Waals surface area contributed by atoms with E-state index in [0.717, 1.165) is 24.8 Å². The van der Waals surface area contributed by atoms with Crippen molar-refractivity contribution >= 4 is 15.9 Å². The molecule has 0 spiro atoms. The Kier molecular flexibility index (Phi) is 4.36. The fourth-order valence-electron chi connectivity index (χ4n) is 1.12. The number of hydrogen-bond acceptors (Lipinski definition) is 1. The van der Waals surface area contributed by atoms with Gasteiger partial charge < -0.3 is 0 Å². The van der Waals surface area contributed by atoms with Crippen LogP contribution in [0.5, 0.6) is 0 Å². The van der Waals surface area contributed by atoms with Crippen LogP contribution in [0.4, 0.5) is 4.39 Å². The summed E-state index contributed by atoms with van der Waals surface area (Å²) in [6, 6.07) is 1.74. The first-order chi connectivity index (χ1) is 6.24. The van der Waals surface area contributed by atoms with Gasteiger partial charge >= 0.3 is 0 Å². The fraction of sp³-hybridized carbons (Fsp3) is 0.500. The molecule has 0 aliphatic rings. The topological polar surface area (TPSA) is 12.9 Å². The second kappa shape index (κ2) is 5.32. The van der Waals surface area contributed by atoms with Gasteiger partial charge in [-0.15, -0.1) is 0 Å². The van der Waals surface area contributed by atoms with Crippen molar-refractivity contribution < 1.29 is 4.39 Å². The minimum absolute atomic E-state index is 0.196. The van der Waals surface area contributed by atoms with Crippen LogP contribution in [0.2, 0.25) is 0 Å². The third-order valence-electron chi connectivity index (χ3n) is 2.03. The molecule has 0 aliphatic carbocycles. The van der Waals surface area contributed by atoms with Gasteiger partial charge in [-0.25, -0.2) is 4.39 Å². The molecule has 1 aromatic rings. The molecular weight excluding hydrogens is 233 g/mol. The van der Waals surface area contributed by atoms with Gasteiger partial charge in [0.2, 0.25) is 0 Å². The van der Waals surface area contributed by atoms with Crippen LogP contribution in [0.25, 0.3) is 0 Å². The Morgan fingerprint density at radius 2 is 2.38 bits per heavy atom. The molecule has 1 unspecified atom stereocenters.